The lowest BCUT2D eigenvalue weighted by molar-refractivity contribution is -0.144. The summed E-state index contributed by atoms with van der Waals surface area (Å²) in [6.07, 6.45) is 4.53. The second-order valence-corrected chi connectivity index (χ2v) is 5.31. The zero-order valence-electron chi connectivity index (χ0n) is 10.9. The van der Waals surface area contributed by atoms with Crippen molar-refractivity contribution in [1.29, 1.82) is 0 Å². The summed E-state index contributed by atoms with van der Waals surface area (Å²) >= 11 is 0. The summed E-state index contributed by atoms with van der Waals surface area (Å²) in [5, 5.41) is 11.7. The van der Waals surface area contributed by atoms with E-state index in [1.807, 2.05) is 0 Å². The number of aliphatic carboxylic acids is 1. The monoisotopic (exact) mass is 254 g/mol. The van der Waals surface area contributed by atoms with Gasteiger partial charge in [0.05, 0.1) is 12.5 Å². The van der Waals surface area contributed by atoms with Gasteiger partial charge in [-0.1, -0.05) is 19.8 Å². The van der Waals surface area contributed by atoms with Crippen molar-refractivity contribution in [3.63, 3.8) is 0 Å². The molecule has 2 aliphatic rings. The first-order valence-corrected chi connectivity index (χ1v) is 6.88. The number of rotatable bonds is 4. The van der Waals surface area contributed by atoms with E-state index in [1.165, 1.54) is 12.8 Å². The van der Waals surface area contributed by atoms with E-state index in [1.54, 1.807) is 0 Å². The highest BCUT2D eigenvalue weighted by atomic mass is 16.4. The van der Waals surface area contributed by atoms with Crippen LogP contribution in [0.2, 0.25) is 0 Å². The van der Waals surface area contributed by atoms with Crippen LogP contribution in [0.5, 0.6) is 0 Å². The lowest BCUT2D eigenvalue weighted by atomic mass is 9.95. The molecule has 2 fully saturated rings. The molecule has 5 heteroatoms. The van der Waals surface area contributed by atoms with Crippen molar-refractivity contribution < 1.29 is 14.7 Å². The van der Waals surface area contributed by atoms with Crippen LogP contribution < -0.4 is 5.32 Å². The van der Waals surface area contributed by atoms with Crippen molar-refractivity contribution >= 4 is 11.9 Å². The zero-order valence-corrected chi connectivity index (χ0v) is 10.9. The highest BCUT2D eigenvalue weighted by molar-refractivity contribution is 5.86. The molecule has 3 unspecified atom stereocenters. The van der Waals surface area contributed by atoms with Crippen LogP contribution in [0.3, 0.4) is 0 Å². The molecule has 102 valence electrons. The van der Waals surface area contributed by atoms with Crippen molar-refractivity contribution in [1.82, 2.24) is 10.2 Å². The van der Waals surface area contributed by atoms with Gasteiger partial charge in [0.1, 0.15) is 0 Å². The van der Waals surface area contributed by atoms with E-state index in [0.29, 0.717) is 18.5 Å². The second kappa shape index (κ2) is 5.69. The van der Waals surface area contributed by atoms with Crippen molar-refractivity contribution in [2.45, 2.75) is 51.1 Å². The number of nitrogens with one attached hydrogen (secondary N) is 1. The first kappa shape index (κ1) is 13.3. The fraction of sp³-hybridized carbons (Fsp3) is 0.846. The molecule has 1 saturated carbocycles. The summed E-state index contributed by atoms with van der Waals surface area (Å²) in [6, 6.07) is -0.0844. The maximum atomic E-state index is 11.9. The van der Waals surface area contributed by atoms with Gasteiger partial charge >= 0.3 is 5.97 Å². The van der Waals surface area contributed by atoms with Crippen LogP contribution in [0.1, 0.15) is 39.0 Å². The fourth-order valence-electron chi connectivity index (χ4n) is 3.43. The van der Waals surface area contributed by atoms with Crippen molar-refractivity contribution in [2.75, 3.05) is 13.1 Å². The molecule has 0 aromatic carbocycles. The van der Waals surface area contributed by atoms with Crippen molar-refractivity contribution in [2.24, 2.45) is 5.92 Å². The van der Waals surface area contributed by atoms with Gasteiger partial charge < -0.3 is 10.4 Å². The molecule has 0 bridgehead atoms. The molecule has 2 rings (SSSR count). The van der Waals surface area contributed by atoms with Crippen LogP contribution in [0.4, 0.5) is 0 Å². The molecule has 5 nitrogen and oxygen atoms in total. The van der Waals surface area contributed by atoms with E-state index in [4.69, 9.17) is 5.11 Å². The Bertz CT molecular complexity index is 332. The molecule has 2 N–H and O–H groups in total. The highest BCUT2D eigenvalue weighted by Gasteiger charge is 2.40. The maximum Gasteiger partial charge on any atom is 0.305 e. The Kier molecular flexibility index (Phi) is 4.22. The molecule has 1 heterocycles. The molecule has 18 heavy (non-hydrogen) atoms. The summed E-state index contributed by atoms with van der Waals surface area (Å²) in [5.74, 6) is -0.398. The number of carbonyl (C=O) groups excluding carboxylic acids is 1. The normalized spacial score (nSPS) is 33.4. The molecule has 1 saturated heterocycles. The minimum absolute atomic E-state index is 0.0846. The van der Waals surface area contributed by atoms with Gasteiger partial charge in [0.2, 0.25) is 5.91 Å². The molecular weight excluding hydrogens is 232 g/mol. The third-order valence-electron chi connectivity index (χ3n) is 4.31. The minimum atomic E-state index is -0.895. The largest absolute Gasteiger partial charge is 0.481 e. The van der Waals surface area contributed by atoms with Crippen molar-refractivity contribution in [3.8, 4) is 0 Å². The number of hydrogen-bond donors (Lipinski definition) is 2. The number of piperazine rings is 1. The summed E-state index contributed by atoms with van der Waals surface area (Å²) in [5.41, 5.74) is 0. The quantitative estimate of drug-likeness (QED) is 0.780. The minimum Gasteiger partial charge on any atom is -0.481 e. The van der Waals surface area contributed by atoms with E-state index < -0.39 is 12.0 Å². The van der Waals surface area contributed by atoms with Crippen LogP contribution in [-0.2, 0) is 9.59 Å². The zero-order chi connectivity index (χ0) is 13.1. The lowest BCUT2D eigenvalue weighted by Crippen LogP contribution is -2.59. The van der Waals surface area contributed by atoms with E-state index in [-0.39, 0.29) is 12.3 Å². The summed E-state index contributed by atoms with van der Waals surface area (Å²) in [6.45, 7) is 3.60. The van der Waals surface area contributed by atoms with Gasteiger partial charge in [-0.25, -0.2) is 0 Å². The van der Waals surface area contributed by atoms with Gasteiger partial charge in [-0.15, -0.1) is 0 Å². The highest BCUT2D eigenvalue weighted by Crippen LogP contribution is 2.34. The van der Waals surface area contributed by atoms with E-state index in [2.05, 4.69) is 17.1 Å². The van der Waals surface area contributed by atoms with Crippen LogP contribution >= 0.6 is 0 Å². The molecule has 1 aliphatic carbocycles. The van der Waals surface area contributed by atoms with Crippen LogP contribution in [0.25, 0.3) is 0 Å². The number of amides is 1. The number of hydrogen-bond acceptors (Lipinski definition) is 3. The van der Waals surface area contributed by atoms with Crippen molar-refractivity contribution in [3.05, 3.63) is 0 Å². The lowest BCUT2D eigenvalue weighted by Gasteiger charge is -2.40. The average molecular weight is 254 g/mol. The van der Waals surface area contributed by atoms with Gasteiger partial charge in [-0.05, 0) is 18.8 Å². The molecular formula is C13H22N2O3. The molecule has 0 spiro atoms. The Labute approximate surface area is 108 Å². The first-order valence-electron chi connectivity index (χ1n) is 6.88. The number of carboxylic acids is 1. The molecule has 3 atom stereocenters. The van der Waals surface area contributed by atoms with E-state index in [0.717, 1.165) is 19.4 Å². The number of carboxylic acid groups (broad SMARTS) is 1. The molecule has 0 aromatic heterocycles. The smallest absolute Gasteiger partial charge is 0.305 e. The SMILES string of the molecule is CCC1CCCC1N1CCNC(=O)C1CC(=O)O. The molecule has 1 aliphatic heterocycles. The Hall–Kier alpha value is -1.10. The average Bonchev–Trinajstić information content (AvgIpc) is 2.79. The number of carbonyl (C=O) groups is 2. The van der Waals surface area contributed by atoms with E-state index >= 15 is 0 Å². The Morgan fingerprint density at radius 1 is 1.50 bits per heavy atom. The van der Waals surface area contributed by atoms with Gasteiger partial charge in [0.15, 0.2) is 0 Å². The van der Waals surface area contributed by atoms with Gasteiger partial charge in [0.25, 0.3) is 0 Å². The Morgan fingerprint density at radius 2 is 2.28 bits per heavy atom. The van der Waals surface area contributed by atoms with Crippen LogP contribution in [0.15, 0.2) is 0 Å². The van der Waals surface area contributed by atoms with Gasteiger partial charge in [0, 0.05) is 19.1 Å². The summed E-state index contributed by atoms with van der Waals surface area (Å²) < 4.78 is 0. The third kappa shape index (κ3) is 2.66. The topological polar surface area (TPSA) is 69.6 Å². The van der Waals surface area contributed by atoms with Crippen LogP contribution in [-0.4, -0.2) is 47.1 Å². The third-order valence-corrected chi connectivity index (χ3v) is 4.31. The Morgan fingerprint density at radius 3 is 2.94 bits per heavy atom. The van der Waals surface area contributed by atoms with Gasteiger partial charge in [-0.3, -0.25) is 14.5 Å². The van der Waals surface area contributed by atoms with Crippen LogP contribution in [0, 0.1) is 5.92 Å². The predicted octanol–water partition coefficient (Wildman–Crippen LogP) is 0.840. The van der Waals surface area contributed by atoms with Gasteiger partial charge in [-0.2, -0.15) is 0 Å². The second-order valence-electron chi connectivity index (χ2n) is 5.31. The summed E-state index contributed by atoms with van der Waals surface area (Å²) in [4.78, 5) is 24.9. The number of nitrogens with zero attached hydrogens (tertiary/aromatic N) is 1. The van der Waals surface area contributed by atoms with E-state index in [9.17, 15) is 9.59 Å². The molecule has 0 radical (unpaired) electrons. The molecule has 0 aromatic rings. The molecule has 1 amide bonds. The Balaban J connectivity index is 2.11. The first-order chi connectivity index (χ1) is 8.63. The maximum absolute atomic E-state index is 11.9. The predicted molar refractivity (Wildman–Crippen MR) is 67.2 cm³/mol. The fourth-order valence-corrected chi connectivity index (χ4v) is 3.43. The summed E-state index contributed by atoms with van der Waals surface area (Å²) in [7, 11) is 0. The standard InChI is InChI=1S/C13H22N2O3/c1-2-9-4-3-5-10(9)15-7-6-14-13(18)11(15)8-12(16)17/h9-11H,2-8H2,1H3,(H,14,18)(H,16,17).